The van der Waals surface area contributed by atoms with Gasteiger partial charge in [0.05, 0.1) is 0 Å². The van der Waals surface area contributed by atoms with Crippen molar-refractivity contribution >= 4 is 17.5 Å². The summed E-state index contributed by atoms with van der Waals surface area (Å²) in [4.78, 5) is 14.9. The number of amides is 1. The Labute approximate surface area is 126 Å². The third-order valence-electron chi connectivity index (χ3n) is 3.94. The maximum absolute atomic E-state index is 12.8. The Morgan fingerprint density at radius 3 is 2.95 bits per heavy atom. The Bertz CT molecular complexity index is 470. The van der Waals surface area contributed by atoms with Crippen molar-refractivity contribution in [3.8, 4) is 0 Å². The van der Waals surface area contributed by atoms with Crippen molar-refractivity contribution in [3.05, 3.63) is 34.3 Å². The molecule has 1 N–H and O–H groups in total. The monoisotopic (exact) mass is 294 g/mol. The molecule has 0 aliphatic carbocycles. The summed E-state index contributed by atoms with van der Waals surface area (Å²) in [5, 5.41) is 4.05. The van der Waals surface area contributed by atoms with Gasteiger partial charge in [0, 0.05) is 29.7 Å². The van der Waals surface area contributed by atoms with Crippen molar-refractivity contribution in [1.29, 1.82) is 0 Å². The molecule has 2 rings (SSSR count). The maximum Gasteiger partial charge on any atom is 0.254 e. The molecule has 0 aromatic heterocycles. The Morgan fingerprint density at radius 2 is 2.30 bits per heavy atom. The SMILES string of the molecule is CCCN(C(=O)c1cccc(Cl)c1C)C1CCCNC1. The van der Waals surface area contributed by atoms with Crippen LogP contribution in [0, 0.1) is 6.92 Å². The molecule has 1 aliphatic rings. The fourth-order valence-corrected chi connectivity index (χ4v) is 2.96. The third kappa shape index (κ3) is 3.33. The normalized spacial score (nSPS) is 18.9. The Balaban J connectivity index is 2.23. The van der Waals surface area contributed by atoms with Crippen molar-refractivity contribution < 1.29 is 4.79 Å². The molecule has 0 bridgehead atoms. The lowest BCUT2D eigenvalue weighted by atomic mass is 10.0. The molecule has 1 amide bonds. The number of carbonyl (C=O) groups excluding carboxylic acids is 1. The van der Waals surface area contributed by atoms with Crippen LogP contribution in [0.3, 0.4) is 0 Å². The lowest BCUT2D eigenvalue weighted by molar-refractivity contribution is 0.0648. The van der Waals surface area contributed by atoms with Crippen LogP contribution in [0.2, 0.25) is 5.02 Å². The fraction of sp³-hybridized carbons (Fsp3) is 0.562. The van der Waals surface area contributed by atoms with Crippen LogP contribution in [0.15, 0.2) is 18.2 Å². The van der Waals surface area contributed by atoms with Crippen LogP contribution in [0.4, 0.5) is 0 Å². The molecule has 1 fully saturated rings. The van der Waals surface area contributed by atoms with E-state index in [1.165, 1.54) is 0 Å². The van der Waals surface area contributed by atoms with Gasteiger partial charge < -0.3 is 10.2 Å². The summed E-state index contributed by atoms with van der Waals surface area (Å²) in [7, 11) is 0. The first kappa shape index (κ1) is 15.3. The molecule has 4 heteroatoms. The quantitative estimate of drug-likeness (QED) is 0.924. The van der Waals surface area contributed by atoms with Gasteiger partial charge in [0.25, 0.3) is 5.91 Å². The van der Waals surface area contributed by atoms with Crippen molar-refractivity contribution in [2.45, 2.75) is 39.2 Å². The van der Waals surface area contributed by atoms with E-state index in [2.05, 4.69) is 12.2 Å². The molecule has 20 heavy (non-hydrogen) atoms. The van der Waals surface area contributed by atoms with Crippen LogP contribution in [-0.4, -0.2) is 36.5 Å². The van der Waals surface area contributed by atoms with Crippen LogP contribution >= 0.6 is 11.6 Å². The highest BCUT2D eigenvalue weighted by Crippen LogP contribution is 2.22. The van der Waals surface area contributed by atoms with E-state index >= 15 is 0 Å². The Morgan fingerprint density at radius 1 is 1.50 bits per heavy atom. The zero-order valence-electron chi connectivity index (χ0n) is 12.3. The Hall–Kier alpha value is -1.06. The van der Waals surface area contributed by atoms with Crippen LogP contribution in [0.25, 0.3) is 0 Å². The van der Waals surface area contributed by atoms with E-state index in [0.29, 0.717) is 11.1 Å². The first-order valence-corrected chi connectivity index (χ1v) is 7.79. The molecule has 1 heterocycles. The van der Waals surface area contributed by atoms with Gasteiger partial charge in [-0.3, -0.25) is 4.79 Å². The molecular weight excluding hydrogens is 272 g/mol. The van der Waals surface area contributed by atoms with E-state index in [0.717, 1.165) is 50.0 Å². The number of nitrogens with one attached hydrogen (secondary N) is 1. The van der Waals surface area contributed by atoms with Gasteiger partial charge in [-0.25, -0.2) is 0 Å². The van der Waals surface area contributed by atoms with Gasteiger partial charge in [0.2, 0.25) is 0 Å². The molecular formula is C16H23ClN2O. The van der Waals surface area contributed by atoms with Gasteiger partial charge in [-0.1, -0.05) is 24.6 Å². The lowest BCUT2D eigenvalue weighted by Crippen LogP contribution is -2.49. The van der Waals surface area contributed by atoms with Crippen LogP contribution < -0.4 is 5.32 Å². The van der Waals surface area contributed by atoms with E-state index in [1.54, 1.807) is 0 Å². The molecule has 1 unspecified atom stereocenters. The first-order chi connectivity index (χ1) is 9.65. The minimum absolute atomic E-state index is 0.112. The number of hydrogen-bond acceptors (Lipinski definition) is 2. The molecule has 0 radical (unpaired) electrons. The van der Waals surface area contributed by atoms with Gasteiger partial charge in [-0.05, 0) is 50.4 Å². The van der Waals surface area contributed by atoms with Crippen molar-refractivity contribution in [3.63, 3.8) is 0 Å². The topological polar surface area (TPSA) is 32.3 Å². The zero-order valence-corrected chi connectivity index (χ0v) is 13.0. The van der Waals surface area contributed by atoms with E-state index in [-0.39, 0.29) is 5.91 Å². The summed E-state index contributed by atoms with van der Waals surface area (Å²) >= 11 is 6.14. The average Bonchev–Trinajstić information content (AvgIpc) is 2.48. The number of carbonyl (C=O) groups is 1. The minimum atomic E-state index is 0.112. The first-order valence-electron chi connectivity index (χ1n) is 7.42. The second-order valence-electron chi connectivity index (χ2n) is 5.41. The highest BCUT2D eigenvalue weighted by molar-refractivity contribution is 6.31. The number of rotatable bonds is 4. The summed E-state index contributed by atoms with van der Waals surface area (Å²) < 4.78 is 0. The number of halogens is 1. The standard InChI is InChI=1S/C16H23ClN2O/c1-3-10-19(13-6-5-9-18-11-13)16(20)14-7-4-8-15(17)12(14)2/h4,7-8,13,18H,3,5-6,9-11H2,1-2H3. The van der Waals surface area contributed by atoms with E-state index in [4.69, 9.17) is 11.6 Å². The minimum Gasteiger partial charge on any atom is -0.334 e. The van der Waals surface area contributed by atoms with Gasteiger partial charge in [-0.15, -0.1) is 0 Å². The van der Waals surface area contributed by atoms with Gasteiger partial charge in [-0.2, -0.15) is 0 Å². The van der Waals surface area contributed by atoms with E-state index in [9.17, 15) is 4.79 Å². The van der Waals surface area contributed by atoms with Crippen LogP contribution in [-0.2, 0) is 0 Å². The largest absolute Gasteiger partial charge is 0.334 e. The molecule has 1 atom stereocenters. The summed E-state index contributed by atoms with van der Waals surface area (Å²) in [6.45, 7) is 6.78. The molecule has 0 saturated carbocycles. The van der Waals surface area contributed by atoms with Crippen LogP contribution in [0.1, 0.15) is 42.1 Å². The van der Waals surface area contributed by atoms with Gasteiger partial charge in [0.15, 0.2) is 0 Å². The van der Waals surface area contributed by atoms with E-state index in [1.807, 2.05) is 30.0 Å². The zero-order chi connectivity index (χ0) is 14.5. The predicted molar refractivity (Wildman–Crippen MR) is 83.4 cm³/mol. The van der Waals surface area contributed by atoms with Gasteiger partial charge in [0.1, 0.15) is 0 Å². The van der Waals surface area contributed by atoms with Gasteiger partial charge >= 0.3 is 0 Å². The molecule has 0 spiro atoms. The van der Waals surface area contributed by atoms with Crippen molar-refractivity contribution in [1.82, 2.24) is 10.2 Å². The molecule has 1 aromatic rings. The third-order valence-corrected chi connectivity index (χ3v) is 4.34. The fourth-order valence-electron chi connectivity index (χ4n) is 2.78. The summed E-state index contributed by atoms with van der Waals surface area (Å²) in [5.41, 5.74) is 1.61. The average molecular weight is 295 g/mol. The van der Waals surface area contributed by atoms with Crippen LogP contribution in [0.5, 0.6) is 0 Å². The molecule has 1 aliphatic heterocycles. The lowest BCUT2D eigenvalue weighted by Gasteiger charge is -2.35. The maximum atomic E-state index is 12.8. The van der Waals surface area contributed by atoms with Crippen molar-refractivity contribution in [2.75, 3.05) is 19.6 Å². The second-order valence-corrected chi connectivity index (χ2v) is 5.82. The number of benzene rings is 1. The molecule has 110 valence electrons. The number of piperidine rings is 1. The summed E-state index contributed by atoms with van der Waals surface area (Å²) in [5.74, 6) is 0.112. The molecule has 1 saturated heterocycles. The smallest absolute Gasteiger partial charge is 0.254 e. The number of nitrogens with zero attached hydrogens (tertiary/aromatic N) is 1. The van der Waals surface area contributed by atoms with Crippen molar-refractivity contribution in [2.24, 2.45) is 0 Å². The molecule has 3 nitrogen and oxygen atoms in total. The highest BCUT2D eigenvalue weighted by Gasteiger charge is 2.26. The summed E-state index contributed by atoms with van der Waals surface area (Å²) in [6.07, 6.45) is 3.19. The molecule has 1 aromatic carbocycles. The summed E-state index contributed by atoms with van der Waals surface area (Å²) in [6, 6.07) is 5.86. The predicted octanol–water partition coefficient (Wildman–Crippen LogP) is 3.25. The highest BCUT2D eigenvalue weighted by atomic mass is 35.5. The number of hydrogen-bond donors (Lipinski definition) is 1. The van der Waals surface area contributed by atoms with E-state index < -0.39 is 0 Å². The Kier molecular flexibility index (Phi) is 5.44. The second kappa shape index (κ2) is 7.09.